The number of aryl methyl sites for hydroxylation is 2. The van der Waals surface area contributed by atoms with Crippen LogP contribution in [0.2, 0.25) is 0 Å². The summed E-state index contributed by atoms with van der Waals surface area (Å²) >= 11 is 0. The Bertz CT molecular complexity index is 335. The average Bonchev–Trinajstić information content (AvgIpc) is 2.81. The van der Waals surface area contributed by atoms with E-state index in [0.717, 1.165) is 13.0 Å². The van der Waals surface area contributed by atoms with Crippen LogP contribution in [0, 0.1) is 13.8 Å². The summed E-state index contributed by atoms with van der Waals surface area (Å²) in [6.07, 6.45) is 3.79. The Hall–Kier alpha value is -0.830. The Morgan fingerprint density at radius 1 is 1.47 bits per heavy atom. The van der Waals surface area contributed by atoms with Crippen LogP contribution in [0.3, 0.4) is 0 Å². The molecule has 1 saturated heterocycles. The number of hydrogen-bond acceptors (Lipinski definition) is 2. The molecule has 0 spiro atoms. The molecule has 3 heteroatoms. The standard InChI is InChI=1S/C12H21N3/c1-4-15-10(3)12(9(2)14-15)8-11-6-5-7-13-11/h11,13H,4-8H2,1-3H3. The molecule has 0 amide bonds. The molecule has 1 aromatic rings. The van der Waals surface area contributed by atoms with Crippen molar-refractivity contribution in [1.29, 1.82) is 0 Å². The van der Waals surface area contributed by atoms with E-state index in [4.69, 9.17) is 0 Å². The molecule has 1 N–H and O–H groups in total. The van der Waals surface area contributed by atoms with E-state index in [1.54, 1.807) is 0 Å². The van der Waals surface area contributed by atoms with Crippen LogP contribution in [0.15, 0.2) is 0 Å². The molecule has 1 aliphatic heterocycles. The SMILES string of the molecule is CCn1nc(C)c(CC2CCCN2)c1C. The maximum absolute atomic E-state index is 4.56. The molecule has 0 radical (unpaired) electrons. The molecule has 0 aromatic carbocycles. The van der Waals surface area contributed by atoms with Gasteiger partial charge in [0.05, 0.1) is 5.69 Å². The molecule has 1 atom stereocenters. The summed E-state index contributed by atoms with van der Waals surface area (Å²) in [4.78, 5) is 0. The molecule has 0 aliphatic carbocycles. The van der Waals surface area contributed by atoms with Crippen molar-refractivity contribution in [3.05, 3.63) is 17.0 Å². The monoisotopic (exact) mass is 207 g/mol. The van der Waals surface area contributed by atoms with E-state index >= 15 is 0 Å². The molecule has 3 nitrogen and oxygen atoms in total. The summed E-state index contributed by atoms with van der Waals surface area (Å²) in [5.74, 6) is 0. The molecule has 0 bridgehead atoms. The van der Waals surface area contributed by atoms with E-state index in [1.807, 2.05) is 0 Å². The minimum Gasteiger partial charge on any atom is -0.314 e. The number of nitrogens with zero attached hydrogens (tertiary/aromatic N) is 2. The molecule has 1 aliphatic rings. The highest BCUT2D eigenvalue weighted by atomic mass is 15.3. The van der Waals surface area contributed by atoms with Crippen molar-refractivity contribution in [1.82, 2.24) is 15.1 Å². The van der Waals surface area contributed by atoms with Crippen LogP contribution in [0.25, 0.3) is 0 Å². The normalized spacial score (nSPS) is 21.1. The Morgan fingerprint density at radius 2 is 2.27 bits per heavy atom. The van der Waals surface area contributed by atoms with Gasteiger partial charge in [-0.25, -0.2) is 0 Å². The number of rotatable bonds is 3. The molecule has 84 valence electrons. The Balaban J connectivity index is 2.15. The van der Waals surface area contributed by atoms with Crippen LogP contribution in [-0.4, -0.2) is 22.4 Å². The van der Waals surface area contributed by atoms with Gasteiger partial charge in [0.2, 0.25) is 0 Å². The lowest BCUT2D eigenvalue weighted by Gasteiger charge is -2.10. The zero-order chi connectivity index (χ0) is 10.8. The van der Waals surface area contributed by atoms with E-state index in [0.29, 0.717) is 6.04 Å². The third-order valence-electron chi connectivity index (χ3n) is 3.44. The van der Waals surface area contributed by atoms with E-state index in [1.165, 1.54) is 36.3 Å². The van der Waals surface area contributed by atoms with Gasteiger partial charge in [-0.15, -0.1) is 0 Å². The first-order valence-corrected chi connectivity index (χ1v) is 5.98. The van der Waals surface area contributed by atoms with Crippen molar-refractivity contribution in [3.8, 4) is 0 Å². The van der Waals surface area contributed by atoms with Crippen molar-refractivity contribution in [2.45, 2.75) is 52.6 Å². The second kappa shape index (κ2) is 4.35. The highest BCUT2D eigenvalue weighted by Crippen LogP contribution is 2.18. The topological polar surface area (TPSA) is 29.9 Å². The van der Waals surface area contributed by atoms with Gasteiger partial charge < -0.3 is 5.32 Å². The molecule has 1 unspecified atom stereocenters. The Morgan fingerprint density at radius 3 is 2.80 bits per heavy atom. The maximum Gasteiger partial charge on any atom is 0.0629 e. The number of hydrogen-bond donors (Lipinski definition) is 1. The summed E-state index contributed by atoms with van der Waals surface area (Å²) in [7, 11) is 0. The van der Waals surface area contributed by atoms with Gasteiger partial charge in [0.1, 0.15) is 0 Å². The molecule has 2 heterocycles. The minimum atomic E-state index is 0.678. The fourth-order valence-electron chi connectivity index (χ4n) is 2.51. The molecule has 15 heavy (non-hydrogen) atoms. The summed E-state index contributed by atoms with van der Waals surface area (Å²) in [5, 5.41) is 8.11. The molecule has 0 saturated carbocycles. The van der Waals surface area contributed by atoms with Crippen LogP contribution in [0.1, 0.15) is 36.7 Å². The van der Waals surface area contributed by atoms with Crippen molar-refractivity contribution in [2.24, 2.45) is 0 Å². The minimum absolute atomic E-state index is 0.678. The van der Waals surface area contributed by atoms with Crippen LogP contribution >= 0.6 is 0 Å². The fourth-order valence-corrected chi connectivity index (χ4v) is 2.51. The first-order valence-electron chi connectivity index (χ1n) is 5.98. The lowest BCUT2D eigenvalue weighted by atomic mass is 10.0. The Labute approximate surface area is 91.9 Å². The van der Waals surface area contributed by atoms with E-state index < -0.39 is 0 Å². The van der Waals surface area contributed by atoms with Crippen LogP contribution in [0.5, 0.6) is 0 Å². The molecule has 1 aromatic heterocycles. The van der Waals surface area contributed by atoms with Crippen LogP contribution < -0.4 is 5.32 Å². The smallest absolute Gasteiger partial charge is 0.0629 e. The second-order valence-corrected chi connectivity index (χ2v) is 4.46. The summed E-state index contributed by atoms with van der Waals surface area (Å²) < 4.78 is 2.11. The van der Waals surface area contributed by atoms with Gasteiger partial charge in [-0.1, -0.05) is 0 Å². The van der Waals surface area contributed by atoms with Crippen molar-refractivity contribution >= 4 is 0 Å². The lowest BCUT2D eigenvalue weighted by Crippen LogP contribution is -2.24. The van der Waals surface area contributed by atoms with Gasteiger partial charge in [0.25, 0.3) is 0 Å². The van der Waals surface area contributed by atoms with Gasteiger partial charge in [-0.05, 0) is 52.1 Å². The molecule has 2 rings (SSSR count). The third-order valence-corrected chi connectivity index (χ3v) is 3.44. The Kier molecular flexibility index (Phi) is 3.10. The fraction of sp³-hybridized carbons (Fsp3) is 0.750. The first kappa shape index (κ1) is 10.7. The van der Waals surface area contributed by atoms with Crippen LogP contribution in [-0.2, 0) is 13.0 Å². The highest BCUT2D eigenvalue weighted by molar-refractivity contribution is 5.25. The predicted molar refractivity (Wildman–Crippen MR) is 62.1 cm³/mol. The zero-order valence-electron chi connectivity index (χ0n) is 10.0. The number of nitrogens with one attached hydrogen (secondary N) is 1. The van der Waals surface area contributed by atoms with E-state index in [9.17, 15) is 0 Å². The van der Waals surface area contributed by atoms with Crippen molar-refractivity contribution in [2.75, 3.05) is 6.54 Å². The predicted octanol–water partition coefficient (Wildman–Crippen LogP) is 1.81. The zero-order valence-corrected chi connectivity index (χ0v) is 10.0. The maximum atomic E-state index is 4.56. The van der Waals surface area contributed by atoms with Gasteiger partial charge in [0, 0.05) is 18.3 Å². The second-order valence-electron chi connectivity index (χ2n) is 4.46. The largest absolute Gasteiger partial charge is 0.314 e. The van der Waals surface area contributed by atoms with Crippen molar-refractivity contribution < 1.29 is 0 Å². The van der Waals surface area contributed by atoms with Gasteiger partial charge >= 0.3 is 0 Å². The van der Waals surface area contributed by atoms with Crippen LogP contribution in [0.4, 0.5) is 0 Å². The summed E-state index contributed by atoms with van der Waals surface area (Å²) in [6, 6.07) is 0.678. The highest BCUT2D eigenvalue weighted by Gasteiger charge is 2.18. The quantitative estimate of drug-likeness (QED) is 0.819. The van der Waals surface area contributed by atoms with E-state index in [-0.39, 0.29) is 0 Å². The average molecular weight is 207 g/mol. The van der Waals surface area contributed by atoms with E-state index in [2.05, 4.69) is 35.9 Å². The van der Waals surface area contributed by atoms with Gasteiger partial charge in [-0.3, -0.25) is 4.68 Å². The summed E-state index contributed by atoms with van der Waals surface area (Å²) in [6.45, 7) is 8.63. The third kappa shape index (κ3) is 2.07. The lowest BCUT2D eigenvalue weighted by molar-refractivity contribution is 0.596. The molecular weight excluding hydrogens is 186 g/mol. The molecular formula is C12H21N3. The summed E-state index contributed by atoms with van der Waals surface area (Å²) in [5.41, 5.74) is 4.02. The molecule has 1 fully saturated rings. The number of aromatic nitrogens is 2. The van der Waals surface area contributed by atoms with Gasteiger partial charge in [-0.2, -0.15) is 5.10 Å². The first-order chi connectivity index (χ1) is 7.22. The van der Waals surface area contributed by atoms with Crippen molar-refractivity contribution in [3.63, 3.8) is 0 Å². The van der Waals surface area contributed by atoms with Gasteiger partial charge in [0.15, 0.2) is 0 Å².